The quantitative estimate of drug-likeness (QED) is 0.792. The SMILES string of the molecule is Cc1c(CC(=O)O)c2ccccc2n1Cc1ccccc1. The van der Waals surface area contributed by atoms with E-state index < -0.39 is 5.97 Å². The standard InChI is InChI=1S/C18H17NO2/c1-13-16(11-18(20)21)15-9-5-6-10-17(15)19(13)12-14-7-3-2-4-8-14/h2-10H,11-12H2,1H3,(H,20,21). The Morgan fingerprint density at radius 1 is 1.05 bits per heavy atom. The summed E-state index contributed by atoms with van der Waals surface area (Å²) in [6, 6.07) is 18.2. The van der Waals surface area contributed by atoms with Crippen LogP contribution in [0.4, 0.5) is 0 Å². The smallest absolute Gasteiger partial charge is 0.307 e. The molecule has 0 unspecified atom stereocenters. The van der Waals surface area contributed by atoms with Crippen molar-refractivity contribution in [1.82, 2.24) is 4.57 Å². The second kappa shape index (κ2) is 5.44. The molecule has 1 heterocycles. The zero-order valence-corrected chi connectivity index (χ0v) is 11.9. The van der Waals surface area contributed by atoms with E-state index >= 15 is 0 Å². The molecule has 0 aliphatic carbocycles. The van der Waals surface area contributed by atoms with E-state index in [9.17, 15) is 4.79 Å². The molecular weight excluding hydrogens is 262 g/mol. The first-order chi connectivity index (χ1) is 10.2. The van der Waals surface area contributed by atoms with E-state index in [4.69, 9.17) is 5.11 Å². The van der Waals surface area contributed by atoms with Crippen molar-refractivity contribution in [3.8, 4) is 0 Å². The number of nitrogens with zero attached hydrogens (tertiary/aromatic N) is 1. The van der Waals surface area contributed by atoms with Crippen molar-refractivity contribution in [2.24, 2.45) is 0 Å². The van der Waals surface area contributed by atoms with Gasteiger partial charge in [-0.2, -0.15) is 0 Å². The minimum Gasteiger partial charge on any atom is -0.481 e. The molecule has 3 heteroatoms. The zero-order chi connectivity index (χ0) is 14.8. The lowest BCUT2D eigenvalue weighted by atomic mass is 10.1. The van der Waals surface area contributed by atoms with Crippen LogP contribution >= 0.6 is 0 Å². The van der Waals surface area contributed by atoms with Crippen molar-refractivity contribution in [1.29, 1.82) is 0 Å². The normalized spacial score (nSPS) is 10.9. The average Bonchev–Trinajstić information content (AvgIpc) is 2.74. The van der Waals surface area contributed by atoms with Gasteiger partial charge in [0.25, 0.3) is 0 Å². The minimum atomic E-state index is -0.791. The Balaban J connectivity index is 2.14. The van der Waals surface area contributed by atoms with E-state index in [0.717, 1.165) is 28.7 Å². The van der Waals surface area contributed by atoms with Crippen molar-refractivity contribution < 1.29 is 9.90 Å². The van der Waals surface area contributed by atoms with Gasteiger partial charge in [0.05, 0.1) is 6.42 Å². The van der Waals surface area contributed by atoms with Crippen LogP contribution in [0.5, 0.6) is 0 Å². The molecule has 0 atom stereocenters. The Morgan fingerprint density at radius 3 is 2.43 bits per heavy atom. The van der Waals surface area contributed by atoms with Gasteiger partial charge in [0.2, 0.25) is 0 Å². The van der Waals surface area contributed by atoms with Crippen molar-refractivity contribution >= 4 is 16.9 Å². The maximum absolute atomic E-state index is 11.1. The van der Waals surface area contributed by atoms with Gasteiger partial charge in [-0.3, -0.25) is 4.79 Å². The molecule has 0 spiro atoms. The number of carboxylic acids is 1. The Bertz CT molecular complexity index is 788. The van der Waals surface area contributed by atoms with Crippen molar-refractivity contribution in [3.05, 3.63) is 71.4 Å². The molecule has 0 aliphatic heterocycles. The summed E-state index contributed by atoms with van der Waals surface area (Å²) in [5.74, 6) is -0.791. The molecular formula is C18H17NO2. The van der Waals surface area contributed by atoms with Gasteiger partial charge >= 0.3 is 5.97 Å². The van der Waals surface area contributed by atoms with Crippen LogP contribution in [0.2, 0.25) is 0 Å². The molecule has 0 fully saturated rings. The summed E-state index contributed by atoms with van der Waals surface area (Å²) in [5, 5.41) is 10.2. The van der Waals surface area contributed by atoms with E-state index in [2.05, 4.69) is 22.8 Å². The van der Waals surface area contributed by atoms with E-state index in [1.54, 1.807) is 0 Å². The topological polar surface area (TPSA) is 42.2 Å². The number of carbonyl (C=O) groups is 1. The maximum Gasteiger partial charge on any atom is 0.307 e. The summed E-state index contributed by atoms with van der Waals surface area (Å²) in [6.45, 7) is 2.76. The summed E-state index contributed by atoms with van der Waals surface area (Å²) in [4.78, 5) is 11.1. The fraction of sp³-hybridized carbons (Fsp3) is 0.167. The molecule has 0 aliphatic rings. The third-order valence-electron chi connectivity index (χ3n) is 3.87. The predicted octanol–water partition coefficient (Wildman–Crippen LogP) is 3.63. The first kappa shape index (κ1) is 13.4. The molecule has 3 nitrogen and oxygen atoms in total. The highest BCUT2D eigenvalue weighted by molar-refractivity contribution is 5.89. The lowest BCUT2D eigenvalue weighted by Gasteiger charge is -2.09. The van der Waals surface area contributed by atoms with Crippen molar-refractivity contribution in [3.63, 3.8) is 0 Å². The van der Waals surface area contributed by atoms with Gasteiger partial charge in [-0.05, 0) is 24.1 Å². The highest BCUT2D eigenvalue weighted by Crippen LogP contribution is 2.27. The number of hydrogen-bond acceptors (Lipinski definition) is 1. The molecule has 0 saturated heterocycles. The average molecular weight is 279 g/mol. The Kier molecular flexibility index (Phi) is 3.48. The molecule has 0 amide bonds. The molecule has 106 valence electrons. The van der Waals surface area contributed by atoms with Crippen LogP contribution in [0.3, 0.4) is 0 Å². The summed E-state index contributed by atoms with van der Waals surface area (Å²) >= 11 is 0. The zero-order valence-electron chi connectivity index (χ0n) is 11.9. The first-order valence-electron chi connectivity index (χ1n) is 6.99. The third kappa shape index (κ3) is 2.55. The minimum absolute atomic E-state index is 0.0636. The molecule has 0 bridgehead atoms. The van der Waals surface area contributed by atoms with E-state index in [0.29, 0.717) is 0 Å². The van der Waals surface area contributed by atoms with Crippen molar-refractivity contribution in [2.75, 3.05) is 0 Å². The number of benzene rings is 2. The molecule has 3 aromatic rings. The molecule has 1 N–H and O–H groups in total. The highest BCUT2D eigenvalue weighted by Gasteiger charge is 2.15. The monoisotopic (exact) mass is 279 g/mol. The Labute approximate surface area is 123 Å². The number of rotatable bonds is 4. The largest absolute Gasteiger partial charge is 0.481 e. The number of fused-ring (bicyclic) bond motifs is 1. The summed E-state index contributed by atoms with van der Waals surface area (Å²) in [5.41, 5.74) is 4.25. The Hall–Kier alpha value is -2.55. The molecule has 21 heavy (non-hydrogen) atoms. The summed E-state index contributed by atoms with van der Waals surface area (Å²) in [6.07, 6.45) is 0.0636. The van der Waals surface area contributed by atoms with E-state index in [1.165, 1.54) is 5.56 Å². The lowest BCUT2D eigenvalue weighted by molar-refractivity contribution is -0.136. The van der Waals surface area contributed by atoms with Gasteiger partial charge in [-0.1, -0.05) is 48.5 Å². The fourth-order valence-corrected chi connectivity index (χ4v) is 2.85. The van der Waals surface area contributed by atoms with Gasteiger partial charge in [-0.15, -0.1) is 0 Å². The van der Waals surface area contributed by atoms with Crippen LogP contribution in [0.1, 0.15) is 16.8 Å². The second-order valence-electron chi connectivity index (χ2n) is 5.22. The van der Waals surface area contributed by atoms with E-state index in [-0.39, 0.29) is 6.42 Å². The van der Waals surface area contributed by atoms with Gasteiger partial charge in [-0.25, -0.2) is 0 Å². The first-order valence-corrected chi connectivity index (χ1v) is 6.99. The van der Waals surface area contributed by atoms with Crippen LogP contribution in [0, 0.1) is 6.92 Å². The maximum atomic E-state index is 11.1. The van der Waals surface area contributed by atoms with Crippen LogP contribution in [-0.2, 0) is 17.8 Å². The fourth-order valence-electron chi connectivity index (χ4n) is 2.85. The van der Waals surface area contributed by atoms with Crippen molar-refractivity contribution in [2.45, 2.75) is 19.9 Å². The van der Waals surface area contributed by atoms with Gasteiger partial charge in [0, 0.05) is 23.1 Å². The number of aliphatic carboxylic acids is 1. The number of para-hydroxylation sites is 1. The number of aromatic nitrogens is 1. The van der Waals surface area contributed by atoms with Gasteiger partial charge < -0.3 is 9.67 Å². The number of hydrogen-bond donors (Lipinski definition) is 1. The molecule has 0 radical (unpaired) electrons. The van der Waals surface area contributed by atoms with Gasteiger partial charge in [0.15, 0.2) is 0 Å². The summed E-state index contributed by atoms with van der Waals surface area (Å²) < 4.78 is 2.20. The Morgan fingerprint density at radius 2 is 1.71 bits per heavy atom. The molecule has 2 aromatic carbocycles. The second-order valence-corrected chi connectivity index (χ2v) is 5.22. The lowest BCUT2D eigenvalue weighted by Crippen LogP contribution is -2.05. The van der Waals surface area contributed by atoms with Crippen LogP contribution in [0.15, 0.2) is 54.6 Å². The molecule has 0 saturated carbocycles. The third-order valence-corrected chi connectivity index (χ3v) is 3.87. The van der Waals surface area contributed by atoms with Crippen LogP contribution < -0.4 is 0 Å². The summed E-state index contributed by atoms with van der Waals surface area (Å²) in [7, 11) is 0. The van der Waals surface area contributed by atoms with Crippen LogP contribution in [0.25, 0.3) is 10.9 Å². The predicted molar refractivity (Wildman–Crippen MR) is 83.6 cm³/mol. The van der Waals surface area contributed by atoms with Gasteiger partial charge in [0.1, 0.15) is 0 Å². The van der Waals surface area contributed by atoms with E-state index in [1.807, 2.05) is 43.3 Å². The molecule has 1 aromatic heterocycles. The number of carboxylic acid groups (broad SMARTS) is 1. The molecule has 3 rings (SSSR count). The van der Waals surface area contributed by atoms with Crippen LogP contribution in [-0.4, -0.2) is 15.6 Å². The highest BCUT2D eigenvalue weighted by atomic mass is 16.4.